The van der Waals surface area contributed by atoms with Crippen LogP contribution >= 0.6 is 0 Å². The molecule has 2 aromatic rings. The van der Waals surface area contributed by atoms with Crippen LogP contribution in [0.3, 0.4) is 0 Å². The first kappa shape index (κ1) is 16.4. The van der Waals surface area contributed by atoms with Crippen molar-refractivity contribution < 1.29 is 4.79 Å². The molecule has 1 aliphatic heterocycles. The Morgan fingerprint density at radius 2 is 2.08 bits per heavy atom. The third-order valence-electron chi connectivity index (χ3n) is 4.48. The van der Waals surface area contributed by atoms with Crippen LogP contribution < -0.4 is 4.90 Å². The zero-order chi connectivity index (χ0) is 17.1. The Labute approximate surface area is 142 Å². The molecule has 128 valence electrons. The Kier molecular flexibility index (Phi) is 4.78. The highest BCUT2D eigenvalue weighted by Crippen LogP contribution is 2.21. The van der Waals surface area contributed by atoms with E-state index >= 15 is 0 Å². The van der Waals surface area contributed by atoms with Gasteiger partial charge in [-0.15, -0.1) is 0 Å². The molecule has 0 saturated carbocycles. The van der Waals surface area contributed by atoms with E-state index in [2.05, 4.69) is 19.9 Å². The molecule has 1 aliphatic rings. The van der Waals surface area contributed by atoms with E-state index in [9.17, 15) is 4.79 Å². The molecule has 1 amide bonds. The number of hydrogen-bond acceptors (Lipinski definition) is 5. The molecule has 0 aromatic carbocycles. The molecule has 0 spiro atoms. The van der Waals surface area contributed by atoms with Crippen molar-refractivity contribution in [3.8, 4) is 0 Å². The van der Waals surface area contributed by atoms with Gasteiger partial charge in [-0.05, 0) is 31.7 Å². The highest BCUT2D eigenvalue weighted by Gasteiger charge is 2.24. The first-order valence-electron chi connectivity index (χ1n) is 8.31. The summed E-state index contributed by atoms with van der Waals surface area (Å²) in [4.78, 5) is 29.4. The van der Waals surface area contributed by atoms with E-state index < -0.39 is 0 Å². The van der Waals surface area contributed by atoms with Crippen LogP contribution in [0.4, 0.5) is 5.95 Å². The van der Waals surface area contributed by atoms with Gasteiger partial charge in [0.05, 0.1) is 6.33 Å². The van der Waals surface area contributed by atoms with Gasteiger partial charge in [-0.1, -0.05) is 0 Å². The van der Waals surface area contributed by atoms with Crippen molar-refractivity contribution in [2.24, 2.45) is 13.0 Å². The molecule has 0 atom stereocenters. The van der Waals surface area contributed by atoms with Crippen LogP contribution in [0, 0.1) is 12.8 Å². The van der Waals surface area contributed by atoms with Crippen molar-refractivity contribution in [3.05, 3.63) is 36.2 Å². The molecular weight excluding hydrogens is 304 g/mol. The third-order valence-corrected chi connectivity index (χ3v) is 4.48. The Morgan fingerprint density at radius 1 is 1.33 bits per heavy atom. The van der Waals surface area contributed by atoms with Crippen LogP contribution in [0.5, 0.6) is 0 Å². The zero-order valence-corrected chi connectivity index (χ0v) is 14.5. The van der Waals surface area contributed by atoms with Crippen molar-refractivity contribution >= 4 is 11.9 Å². The van der Waals surface area contributed by atoms with Crippen LogP contribution in [0.2, 0.25) is 0 Å². The number of carbonyl (C=O) groups excluding carboxylic acids is 1. The van der Waals surface area contributed by atoms with Crippen LogP contribution in [0.25, 0.3) is 0 Å². The number of imidazole rings is 1. The summed E-state index contributed by atoms with van der Waals surface area (Å²) in [6.45, 7) is 4.60. The van der Waals surface area contributed by atoms with Crippen molar-refractivity contribution in [3.63, 3.8) is 0 Å². The fourth-order valence-electron chi connectivity index (χ4n) is 3.09. The lowest BCUT2D eigenvalue weighted by atomic mass is 9.96. The number of anilines is 1. The molecule has 0 N–H and O–H groups in total. The van der Waals surface area contributed by atoms with Gasteiger partial charge >= 0.3 is 0 Å². The number of aryl methyl sites for hydroxylation is 2. The van der Waals surface area contributed by atoms with E-state index in [0.29, 0.717) is 11.6 Å². The normalized spacial score (nSPS) is 15.5. The highest BCUT2D eigenvalue weighted by atomic mass is 16.2. The number of aromatic nitrogens is 4. The lowest BCUT2D eigenvalue weighted by Crippen LogP contribution is -2.40. The first-order valence-corrected chi connectivity index (χ1v) is 8.31. The number of hydrogen-bond donors (Lipinski definition) is 0. The largest absolute Gasteiger partial charge is 0.341 e. The molecule has 0 unspecified atom stereocenters. The van der Waals surface area contributed by atoms with Gasteiger partial charge in [-0.25, -0.2) is 15.0 Å². The monoisotopic (exact) mass is 328 g/mol. The summed E-state index contributed by atoms with van der Waals surface area (Å²) >= 11 is 0. The van der Waals surface area contributed by atoms with E-state index in [1.54, 1.807) is 22.0 Å². The van der Waals surface area contributed by atoms with Gasteiger partial charge in [0, 0.05) is 51.8 Å². The summed E-state index contributed by atoms with van der Waals surface area (Å²) in [5, 5.41) is 0. The van der Waals surface area contributed by atoms with Gasteiger partial charge in [0.25, 0.3) is 5.91 Å². The topological polar surface area (TPSA) is 67.2 Å². The molecule has 2 aromatic heterocycles. The second-order valence-electron chi connectivity index (χ2n) is 6.54. The maximum Gasteiger partial charge on any atom is 0.273 e. The van der Waals surface area contributed by atoms with Crippen LogP contribution in [-0.4, -0.2) is 57.0 Å². The molecule has 3 rings (SSSR count). The smallest absolute Gasteiger partial charge is 0.273 e. The minimum absolute atomic E-state index is 0.0138. The van der Waals surface area contributed by atoms with Crippen molar-refractivity contribution in [2.45, 2.75) is 19.8 Å². The van der Waals surface area contributed by atoms with Gasteiger partial charge < -0.3 is 14.4 Å². The summed E-state index contributed by atoms with van der Waals surface area (Å²) < 4.78 is 1.79. The first-order chi connectivity index (χ1) is 11.5. The number of piperidine rings is 1. The minimum atomic E-state index is -0.0138. The second kappa shape index (κ2) is 6.98. The van der Waals surface area contributed by atoms with Crippen LogP contribution in [0.1, 0.15) is 29.0 Å². The SMILES string of the molecule is Cc1ccnc(N2CCC(CN(C)C(=O)c3cn(C)cn3)CC2)n1. The van der Waals surface area contributed by atoms with Crippen molar-refractivity contribution in [1.82, 2.24) is 24.4 Å². The van der Waals surface area contributed by atoms with Crippen LogP contribution in [-0.2, 0) is 7.05 Å². The molecule has 7 heteroatoms. The minimum Gasteiger partial charge on any atom is -0.341 e. The summed E-state index contributed by atoms with van der Waals surface area (Å²) in [7, 11) is 3.72. The number of nitrogens with zero attached hydrogens (tertiary/aromatic N) is 6. The number of carbonyl (C=O) groups is 1. The van der Waals surface area contributed by atoms with Crippen molar-refractivity contribution in [2.75, 3.05) is 31.6 Å². The van der Waals surface area contributed by atoms with Crippen molar-refractivity contribution in [1.29, 1.82) is 0 Å². The Balaban J connectivity index is 1.52. The Hall–Kier alpha value is -2.44. The lowest BCUT2D eigenvalue weighted by Gasteiger charge is -2.33. The lowest BCUT2D eigenvalue weighted by molar-refractivity contribution is 0.0759. The Morgan fingerprint density at radius 3 is 2.71 bits per heavy atom. The molecule has 3 heterocycles. The van der Waals surface area contributed by atoms with E-state index in [-0.39, 0.29) is 5.91 Å². The predicted molar refractivity (Wildman–Crippen MR) is 91.9 cm³/mol. The summed E-state index contributed by atoms with van der Waals surface area (Å²) in [5.41, 5.74) is 1.49. The van der Waals surface area contributed by atoms with E-state index in [1.165, 1.54) is 0 Å². The molecule has 0 bridgehead atoms. The maximum absolute atomic E-state index is 12.4. The molecule has 1 saturated heterocycles. The van der Waals surface area contributed by atoms with Gasteiger partial charge in [0.15, 0.2) is 0 Å². The highest BCUT2D eigenvalue weighted by molar-refractivity contribution is 5.91. The van der Waals surface area contributed by atoms with Crippen LogP contribution in [0.15, 0.2) is 24.8 Å². The summed E-state index contributed by atoms with van der Waals surface area (Å²) in [5.74, 6) is 1.30. The summed E-state index contributed by atoms with van der Waals surface area (Å²) in [6.07, 6.45) is 7.30. The predicted octanol–water partition coefficient (Wildman–Crippen LogP) is 1.51. The fourth-order valence-corrected chi connectivity index (χ4v) is 3.09. The third kappa shape index (κ3) is 3.72. The van der Waals surface area contributed by atoms with Gasteiger partial charge in [0.1, 0.15) is 5.69 Å². The summed E-state index contributed by atoms with van der Waals surface area (Å²) in [6, 6.07) is 1.91. The van der Waals surface area contributed by atoms with E-state index in [4.69, 9.17) is 0 Å². The van der Waals surface area contributed by atoms with E-state index in [0.717, 1.165) is 44.1 Å². The molecule has 1 fully saturated rings. The number of rotatable bonds is 4. The number of amides is 1. The Bertz CT molecular complexity index is 705. The standard InChI is InChI=1S/C17H24N6O/c1-13-4-7-18-17(20-13)23-8-5-14(6-9-23)10-22(3)16(24)15-11-21(2)12-19-15/h4,7,11-12,14H,5-6,8-10H2,1-3H3. The quantitative estimate of drug-likeness (QED) is 0.851. The maximum atomic E-state index is 12.4. The van der Waals surface area contributed by atoms with Gasteiger partial charge in [0.2, 0.25) is 5.95 Å². The zero-order valence-electron chi connectivity index (χ0n) is 14.5. The van der Waals surface area contributed by atoms with Gasteiger partial charge in [-0.2, -0.15) is 0 Å². The fraction of sp³-hybridized carbons (Fsp3) is 0.529. The molecule has 0 radical (unpaired) electrons. The molecule has 24 heavy (non-hydrogen) atoms. The molecule has 7 nitrogen and oxygen atoms in total. The second-order valence-corrected chi connectivity index (χ2v) is 6.54. The van der Waals surface area contributed by atoms with Gasteiger partial charge in [-0.3, -0.25) is 4.79 Å². The molecule has 0 aliphatic carbocycles. The average Bonchev–Trinajstić information content (AvgIpc) is 3.01. The molecular formula is C17H24N6O. The average molecular weight is 328 g/mol. The van der Waals surface area contributed by atoms with E-state index in [1.807, 2.05) is 33.3 Å².